The smallest absolute Gasteiger partial charge is 0.253 e. The van der Waals surface area contributed by atoms with Gasteiger partial charge in [0.1, 0.15) is 25.1 Å². The number of hydrogen-bond acceptors (Lipinski definition) is 6. The van der Waals surface area contributed by atoms with Crippen LogP contribution in [0.15, 0.2) is 36.4 Å². The first-order valence-corrected chi connectivity index (χ1v) is 12.3. The van der Waals surface area contributed by atoms with E-state index in [2.05, 4.69) is 36.9 Å². The number of hydrogen-bond donors (Lipinski definition) is 0. The second-order valence-electron chi connectivity index (χ2n) is 9.69. The Hall–Kier alpha value is -2.77. The van der Waals surface area contributed by atoms with Crippen molar-refractivity contribution in [3.8, 4) is 17.2 Å². The Balaban J connectivity index is 1.27. The minimum atomic E-state index is -0.470. The van der Waals surface area contributed by atoms with Crippen LogP contribution >= 0.6 is 0 Å². The summed E-state index contributed by atoms with van der Waals surface area (Å²) in [6.45, 7) is 10.0. The van der Waals surface area contributed by atoms with Gasteiger partial charge in [-0.3, -0.25) is 9.69 Å². The molecular weight excluding hydrogens is 432 g/mol. The number of nitrogens with zero attached hydrogens (tertiary/aromatic N) is 2. The average molecular weight is 467 g/mol. The van der Waals surface area contributed by atoms with Crippen LogP contribution < -0.4 is 14.2 Å². The van der Waals surface area contributed by atoms with Gasteiger partial charge in [0.15, 0.2) is 11.5 Å². The summed E-state index contributed by atoms with van der Waals surface area (Å²) in [5, 5.41) is 0. The van der Waals surface area contributed by atoms with Crippen LogP contribution in [0, 0.1) is 5.92 Å². The molecule has 0 saturated carbocycles. The van der Waals surface area contributed by atoms with Gasteiger partial charge in [0, 0.05) is 44.7 Å². The Labute approximate surface area is 201 Å². The molecule has 0 N–H and O–H groups in total. The van der Waals surface area contributed by atoms with Crippen LogP contribution in [0.1, 0.15) is 30.5 Å². The van der Waals surface area contributed by atoms with Crippen molar-refractivity contribution in [1.82, 2.24) is 9.80 Å². The number of carbonyl (C=O) groups is 1. The van der Waals surface area contributed by atoms with Gasteiger partial charge in [0.05, 0.1) is 13.2 Å². The van der Waals surface area contributed by atoms with Crippen molar-refractivity contribution in [2.24, 2.45) is 5.92 Å². The van der Waals surface area contributed by atoms with E-state index in [0.29, 0.717) is 45.4 Å². The lowest BCUT2D eigenvalue weighted by molar-refractivity contribution is -0.151. The van der Waals surface area contributed by atoms with Gasteiger partial charge in [-0.25, -0.2) is 0 Å². The molecule has 3 aliphatic heterocycles. The highest BCUT2D eigenvalue weighted by atomic mass is 16.6. The van der Waals surface area contributed by atoms with Crippen molar-refractivity contribution >= 4 is 5.91 Å². The Morgan fingerprint density at radius 2 is 1.91 bits per heavy atom. The molecule has 1 fully saturated rings. The largest absolute Gasteiger partial charge is 0.493 e. The highest BCUT2D eigenvalue weighted by Gasteiger charge is 2.31. The SMILES string of the molecule is CC(C)CN(Cc1ccc2c(c1)OCCO2)C(=O)[C@H]1CN(Cc2cccc3c2OCC3)CCO1. The van der Waals surface area contributed by atoms with Crippen LogP contribution in [-0.2, 0) is 29.0 Å². The summed E-state index contributed by atoms with van der Waals surface area (Å²) in [5.41, 5.74) is 3.50. The van der Waals surface area contributed by atoms with E-state index < -0.39 is 6.10 Å². The van der Waals surface area contributed by atoms with Crippen molar-refractivity contribution in [2.45, 2.75) is 39.5 Å². The molecule has 0 bridgehead atoms. The van der Waals surface area contributed by atoms with E-state index in [0.717, 1.165) is 48.9 Å². The molecule has 1 atom stereocenters. The fourth-order valence-corrected chi connectivity index (χ4v) is 4.93. The lowest BCUT2D eigenvalue weighted by atomic mass is 10.1. The molecule has 2 aromatic rings. The van der Waals surface area contributed by atoms with Crippen molar-refractivity contribution in [3.63, 3.8) is 0 Å². The molecule has 0 aromatic heterocycles. The lowest BCUT2D eigenvalue weighted by Gasteiger charge is -2.36. The van der Waals surface area contributed by atoms with Crippen molar-refractivity contribution in [1.29, 1.82) is 0 Å². The van der Waals surface area contributed by atoms with Gasteiger partial charge in [0.2, 0.25) is 0 Å². The zero-order valence-corrected chi connectivity index (χ0v) is 20.1. The molecule has 182 valence electrons. The number of carbonyl (C=O) groups excluding carboxylic acids is 1. The van der Waals surface area contributed by atoms with Crippen LogP contribution in [-0.4, -0.2) is 67.9 Å². The van der Waals surface area contributed by atoms with Crippen LogP contribution in [0.2, 0.25) is 0 Å². The van der Waals surface area contributed by atoms with E-state index in [4.69, 9.17) is 18.9 Å². The number of para-hydroxylation sites is 1. The molecule has 0 spiro atoms. The van der Waals surface area contributed by atoms with Gasteiger partial charge in [-0.15, -0.1) is 0 Å². The van der Waals surface area contributed by atoms with Gasteiger partial charge < -0.3 is 23.8 Å². The van der Waals surface area contributed by atoms with E-state index in [1.54, 1.807) is 0 Å². The van der Waals surface area contributed by atoms with Crippen LogP contribution in [0.4, 0.5) is 0 Å². The summed E-state index contributed by atoms with van der Waals surface area (Å²) in [5.74, 6) is 2.93. The van der Waals surface area contributed by atoms with Gasteiger partial charge >= 0.3 is 0 Å². The fourth-order valence-electron chi connectivity index (χ4n) is 4.93. The molecule has 3 heterocycles. The molecule has 1 saturated heterocycles. The summed E-state index contributed by atoms with van der Waals surface area (Å²) in [6, 6.07) is 12.3. The lowest BCUT2D eigenvalue weighted by Crippen LogP contribution is -2.51. The first kappa shape index (κ1) is 23.0. The summed E-state index contributed by atoms with van der Waals surface area (Å²) >= 11 is 0. The number of fused-ring (bicyclic) bond motifs is 2. The predicted molar refractivity (Wildman–Crippen MR) is 128 cm³/mol. The zero-order valence-electron chi connectivity index (χ0n) is 20.1. The Morgan fingerprint density at radius 3 is 2.76 bits per heavy atom. The number of benzene rings is 2. The molecule has 34 heavy (non-hydrogen) atoms. The van der Waals surface area contributed by atoms with E-state index in [9.17, 15) is 4.79 Å². The minimum Gasteiger partial charge on any atom is -0.493 e. The maximum Gasteiger partial charge on any atom is 0.253 e. The molecule has 0 aliphatic carbocycles. The quantitative estimate of drug-likeness (QED) is 0.624. The van der Waals surface area contributed by atoms with E-state index >= 15 is 0 Å². The summed E-state index contributed by atoms with van der Waals surface area (Å²) in [6.07, 6.45) is 0.500. The maximum absolute atomic E-state index is 13.6. The summed E-state index contributed by atoms with van der Waals surface area (Å²) < 4.78 is 23.2. The highest BCUT2D eigenvalue weighted by Crippen LogP contribution is 2.32. The topological polar surface area (TPSA) is 60.5 Å². The third kappa shape index (κ3) is 5.15. The second-order valence-corrected chi connectivity index (χ2v) is 9.69. The maximum atomic E-state index is 13.6. The third-order valence-corrected chi connectivity index (χ3v) is 6.49. The molecular formula is C27H34N2O5. The monoisotopic (exact) mass is 466 g/mol. The normalized spacial score (nSPS) is 19.6. The van der Waals surface area contributed by atoms with Gasteiger partial charge in [-0.2, -0.15) is 0 Å². The van der Waals surface area contributed by atoms with Gasteiger partial charge in [-0.1, -0.05) is 38.1 Å². The number of rotatable bonds is 7. The van der Waals surface area contributed by atoms with Crippen LogP contribution in [0.3, 0.4) is 0 Å². The Kier molecular flexibility index (Phi) is 6.92. The summed E-state index contributed by atoms with van der Waals surface area (Å²) in [4.78, 5) is 17.8. The fraction of sp³-hybridized carbons (Fsp3) is 0.519. The van der Waals surface area contributed by atoms with Gasteiger partial charge in [0.25, 0.3) is 5.91 Å². The molecule has 3 aliphatic rings. The van der Waals surface area contributed by atoms with Crippen molar-refractivity contribution in [2.75, 3.05) is 46.1 Å². The molecule has 0 radical (unpaired) electrons. The standard InChI is InChI=1S/C27H34N2O5/c1-19(2)15-29(16-20-6-7-23-24(14-20)33-13-12-32-23)27(30)25-18-28(9-11-31-25)17-22-5-3-4-21-8-10-34-26(21)22/h3-7,14,19,25H,8-13,15-18H2,1-2H3/t25-/m1/s1. The van der Waals surface area contributed by atoms with Crippen LogP contribution in [0.5, 0.6) is 17.2 Å². The van der Waals surface area contributed by atoms with E-state index in [1.807, 2.05) is 23.1 Å². The third-order valence-electron chi connectivity index (χ3n) is 6.49. The first-order valence-electron chi connectivity index (χ1n) is 12.3. The Morgan fingerprint density at radius 1 is 1.06 bits per heavy atom. The number of morpholine rings is 1. The van der Waals surface area contributed by atoms with Crippen molar-refractivity contribution in [3.05, 3.63) is 53.1 Å². The summed E-state index contributed by atoms with van der Waals surface area (Å²) in [7, 11) is 0. The zero-order chi connectivity index (χ0) is 23.5. The first-order chi connectivity index (χ1) is 16.6. The van der Waals surface area contributed by atoms with Crippen molar-refractivity contribution < 1.29 is 23.7 Å². The molecule has 5 rings (SSSR count). The molecule has 2 aromatic carbocycles. The number of ether oxygens (including phenoxy) is 4. The minimum absolute atomic E-state index is 0.0443. The van der Waals surface area contributed by atoms with Gasteiger partial charge in [-0.05, 0) is 29.2 Å². The molecule has 0 unspecified atom stereocenters. The molecule has 7 nitrogen and oxygen atoms in total. The predicted octanol–water partition coefficient (Wildman–Crippen LogP) is 3.28. The van der Waals surface area contributed by atoms with E-state index in [-0.39, 0.29) is 5.91 Å². The Bertz CT molecular complexity index is 1020. The average Bonchev–Trinajstić information content (AvgIpc) is 3.33. The number of amides is 1. The van der Waals surface area contributed by atoms with E-state index in [1.165, 1.54) is 11.1 Å². The van der Waals surface area contributed by atoms with Crippen LogP contribution in [0.25, 0.3) is 0 Å². The highest BCUT2D eigenvalue weighted by molar-refractivity contribution is 5.81. The second kappa shape index (κ2) is 10.2. The molecule has 7 heteroatoms. The molecule has 1 amide bonds.